The van der Waals surface area contributed by atoms with Crippen LogP contribution in [0, 0.1) is 0 Å². The molecule has 0 saturated heterocycles. The van der Waals surface area contributed by atoms with Crippen molar-refractivity contribution in [3.8, 4) is 0 Å². The summed E-state index contributed by atoms with van der Waals surface area (Å²) in [5, 5.41) is 2.66. The van der Waals surface area contributed by atoms with Crippen LogP contribution in [0.25, 0.3) is 0 Å². The van der Waals surface area contributed by atoms with Crippen molar-refractivity contribution in [2.24, 2.45) is 0 Å². The summed E-state index contributed by atoms with van der Waals surface area (Å²) < 4.78 is 36.7. The van der Waals surface area contributed by atoms with Crippen LogP contribution < -0.4 is 5.32 Å². The molecule has 0 atom stereocenters. The van der Waals surface area contributed by atoms with Crippen LogP contribution in [-0.2, 0) is 21.5 Å². The molecule has 1 aromatic carbocycles. The molecule has 2 rings (SSSR count). The Morgan fingerprint density at radius 1 is 1.18 bits per heavy atom. The fourth-order valence-corrected chi connectivity index (χ4v) is 3.92. The van der Waals surface area contributed by atoms with Crippen LogP contribution in [0.5, 0.6) is 0 Å². The van der Waals surface area contributed by atoms with Gasteiger partial charge in [0, 0.05) is 0 Å². The minimum absolute atomic E-state index is 0.120. The van der Waals surface area contributed by atoms with Gasteiger partial charge in [-0.05, 0) is 18.4 Å². The lowest BCUT2D eigenvalue weighted by molar-refractivity contribution is 0.121. The van der Waals surface area contributed by atoms with E-state index in [1.54, 1.807) is 0 Å². The molecule has 1 saturated carbocycles. The van der Waals surface area contributed by atoms with Crippen molar-refractivity contribution in [1.29, 1.82) is 0 Å². The Kier molecular flexibility index (Phi) is 5.42. The zero-order chi connectivity index (χ0) is 16.1. The lowest BCUT2D eigenvalue weighted by atomic mass is 9.83. The van der Waals surface area contributed by atoms with Crippen molar-refractivity contribution < 1.29 is 22.5 Å². The number of rotatable bonds is 5. The number of benzene rings is 1. The number of hydrogen-bond donors (Lipinski definition) is 2. The van der Waals surface area contributed by atoms with Gasteiger partial charge in [0.05, 0.1) is 11.3 Å². The van der Waals surface area contributed by atoms with Crippen molar-refractivity contribution in [1.82, 2.24) is 5.32 Å². The molecule has 1 aliphatic carbocycles. The molecule has 22 heavy (non-hydrogen) atoms. The molecule has 1 aliphatic rings. The lowest BCUT2D eigenvalue weighted by Gasteiger charge is -2.36. The average Bonchev–Trinajstić information content (AvgIpc) is 2.45. The van der Waals surface area contributed by atoms with Crippen LogP contribution in [-0.4, -0.2) is 30.4 Å². The maximum Gasteiger partial charge on any atom is 0.407 e. The molecular weight excluding hydrogens is 306 g/mol. The maximum atomic E-state index is 12.0. The monoisotopic (exact) mass is 327 g/mol. The zero-order valence-corrected chi connectivity index (χ0v) is 13.1. The summed E-state index contributed by atoms with van der Waals surface area (Å²) in [4.78, 5) is 12.0. The van der Waals surface area contributed by atoms with Gasteiger partial charge >= 0.3 is 6.09 Å². The Morgan fingerprint density at radius 3 is 2.41 bits per heavy atom. The fourth-order valence-electron chi connectivity index (χ4n) is 2.86. The van der Waals surface area contributed by atoms with Gasteiger partial charge in [-0.25, -0.2) is 4.79 Å². The van der Waals surface area contributed by atoms with Gasteiger partial charge in [0.1, 0.15) is 6.61 Å². The largest absolute Gasteiger partial charge is 0.445 e. The Labute approximate surface area is 130 Å². The van der Waals surface area contributed by atoms with E-state index in [0.29, 0.717) is 12.8 Å². The normalized spacial score (nSPS) is 17.7. The molecule has 0 spiro atoms. The smallest absolute Gasteiger partial charge is 0.407 e. The van der Waals surface area contributed by atoms with E-state index < -0.39 is 27.5 Å². The number of amides is 1. The third-order valence-electron chi connectivity index (χ3n) is 3.85. The molecular formula is C15H21NO5S. The first-order chi connectivity index (χ1) is 10.4. The molecule has 1 aromatic rings. The fraction of sp³-hybridized carbons (Fsp3) is 0.533. The molecule has 122 valence electrons. The Bertz CT molecular complexity index is 594. The summed E-state index contributed by atoms with van der Waals surface area (Å²) in [5.41, 5.74) is -0.0790. The molecule has 1 amide bonds. The second kappa shape index (κ2) is 7.11. The van der Waals surface area contributed by atoms with Crippen LogP contribution >= 0.6 is 0 Å². The molecule has 0 aromatic heterocycles. The highest BCUT2D eigenvalue weighted by Gasteiger charge is 2.38. The van der Waals surface area contributed by atoms with E-state index in [4.69, 9.17) is 9.29 Å². The van der Waals surface area contributed by atoms with Gasteiger partial charge in [-0.3, -0.25) is 4.55 Å². The summed E-state index contributed by atoms with van der Waals surface area (Å²) in [7, 11) is -4.17. The first-order valence-electron chi connectivity index (χ1n) is 7.33. The van der Waals surface area contributed by atoms with E-state index in [0.717, 1.165) is 24.8 Å². The van der Waals surface area contributed by atoms with E-state index in [-0.39, 0.29) is 6.61 Å². The predicted octanol–water partition coefficient (Wildman–Crippen LogP) is 2.50. The minimum Gasteiger partial charge on any atom is -0.445 e. The summed E-state index contributed by atoms with van der Waals surface area (Å²) in [6.45, 7) is 0.120. The highest BCUT2D eigenvalue weighted by molar-refractivity contribution is 7.85. The summed E-state index contributed by atoms with van der Waals surface area (Å²) in [6.07, 6.45) is 3.01. The van der Waals surface area contributed by atoms with Crippen molar-refractivity contribution in [2.45, 2.75) is 44.2 Å². The Morgan fingerprint density at radius 2 is 1.82 bits per heavy atom. The third-order valence-corrected chi connectivity index (χ3v) is 4.77. The molecule has 6 nitrogen and oxygen atoms in total. The van der Waals surface area contributed by atoms with E-state index >= 15 is 0 Å². The van der Waals surface area contributed by atoms with Gasteiger partial charge in [0.2, 0.25) is 0 Å². The predicted molar refractivity (Wildman–Crippen MR) is 82.0 cm³/mol. The molecule has 1 fully saturated rings. The lowest BCUT2D eigenvalue weighted by Crippen LogP contribution is -2.54. The zero-order valence-electron chi connectivity index (χ0n) is 12.3. The third kappa shape index (κ3) is 5.31. The number of hydrogen-bond acceptors (Lipinski definition) is 4. The van der Waals surface area contributed by atoms with E-state index in [9.17, 15) is 13.2 Å². The highest BCUT2D eigenvalue weighted by Crippen LogP contribution is 2.29. The molecule has 0 bridgehead atoms. The number of alkyl carbamates (subject to hydrolysis) is 1. The second-order valence-electron chi connectivity index (χ2n) is 5.75. The van der Waals surface area contributed by atoms with Crippen molar-refractivity contribution in [3.05, 3.63) is 35.9 Å². The summed E-state index contributed by atoms with van der Waals surface area (Å²) >= 11 is 0. The molecule has 0 radical (unpaired) electrons. The van der Waals surface area contributed by atoms with Gasteiger partial charge in [0.15, 0.2) is 0 Å². The number of ether oxygens (including phenoxy) is 1. The number of nitrogens with one attached hydrogen (secondary N) is 1. The van der Waals surface area contributed by atoms with E-state index in [1.165, 1.54) is 0 Å². The van der Waals surface area contributed by atoms with Crippen LogP contribution in [0.3, 0.4) is 0 Å². The summed E-state index contributed by atoms with van der Waals surface area (Å²) in [6, 6.07) is 9.23. The van der Waals surface area contributed by atoms with Crippen molar-refractivity contribution in [3.63, 3.8) is 0 Å². The first-order valence-corrected chi connectivity index (χ1v) is 8.94. The van der Waals surface area contributed by atoms with Gasteiger partial charge in [-0.15, -0.1) is 0 Å². The van der Waals surface area contributed by atoms with Gasteiger partial charge < -0.3 is 10.1 Å². The average molecular weight is 327 g/mol. The highest BCUT2D eigenvalue weighted by atomic mass is 32.2. The maximum absolute atomic E-state index is 12.0. The first kappa shape index (κ1) is 16.8. The van der Waals surface area contributed by atoms with Crippen LogP contribution in [0.2, 0.25) is 0 Å². The Balaban J connectivity index is 1.96. The SMILES string of the molecule is O=C(NC1(CS(=O)(=O)O)CCCCC1)OCc1ccccc1. The topological polar surface area (TPSA) is 92.7 Å². The molecule has 0 unspecified atom stereocenters. The second-order valence-corrected chi connectivity index (χ2v) is 7.21. The molecule has 0 aliphatic heterocycles. The van der Waals surface area contributed by atoms with E-state index in [2.05, 4.69) is 5.32 Å². The molecule has 0 heterocycles. The molecule has 2 N–H and O–H groups in total. The van der Waals surface area contributed by atoms with Gasteiger partial charge in [-0.2, -0.15) is 8.42 Å². The van der Waals surface area contributed by atoms with Crippen molar-refractivity contribution in [2.75, 3.05) is 5.75 Å². The van der Waals surface area contributed by atoms with Gasteiger partial charge in [0.25, 0.3) is 10.1 Å². The molecule has 7 heteroatoms. The Hall–Kier alpha value is -1.60. The van der Waals surface area contributed by atoms with Crippen LogP contribution in [0.1, 0.15) is 37.7 Å². The van der Waals surface area contributed by atoms with Gasteiger partial charge in [-0.1, -0.05) is 49.6 Å². The number of carbonyl (C=O) groups is 1. The quantitative estimate of drug-likeness (QED) is 0.811. The van der Waals surface area contributed by atoms with Crippen LogP contribution in [0.4, 0.5) is 4.79 Å². The minimum atomic E-state index is -4.17. The van der Waals surface area contributed by atoms with Crippen molar-refractivity contribution >= 4 is 16.2 Å². The summed E-state index contributed by atoms with van der Waals surface area (Å²) in [5.74, 6) is -0.472. The standard InChI is InChI=1S/C15H21NO5S/c17-14(21-11-13-7-3-1-4-8-13)16-15(12-22(18,19)20)9-5-2-6-10-15/h1,3-4,7-8H,2,5-6,9-12H2,(H,16,17)(H,18,19,20). The number of carbonyl (C=O) groups excluding carboxylic acids is 1. The van der Waals surface area contributed by atoms with Crippen LogP contribution in [0.15, 0.2) is 30.3 Å². The van der Waals surface area contributed by atoms with E-state index in [1.807, 2.05) is 30.3 Å².